The van der Waals surface area contributed by atoms with Crippen LogP contribution in [0.15, 0.2) is 48.5 Å². The number of nitrogens with one attached hydrogen (secondary N) is 1. The van der Waals surface area contributed by atoms with Crippen molar-refractivity contribution >= 4 is 35.0 Å². The van der Waals surface area contributed by atoms with Crippen LogP contribution >= 0.6 is 0 Å². The van der Waals surface area contributed by atoms with Crippen molar-refractivity contribution in [1.29, 1.82) is 0 Å². The van der Waals surface area contributed by atoms with E-state index in [1.165, 1.54) is 6.92 Å². The molecule has 0 aliphatic heterocycles. The van der Waals surface area contributed by atoms with E-state index in [0.29, 0.717) is 17.7 Å². The number of aliphatic carboxylic acids is 2. The lowest BCUT2D eigenvalue weighted by molar-refractivity contribution is -0.138. The van der Waals surface area contributed by atoms with Gasteiger partial charge in [0.25, 0.3) is 0 Å². The van der Waals surface area contributed by atoms with Crippen molar-refractivity contribution in [2.24, 2.45) is 0 Å². The molecular formula is C22H26N2O6. The van der Waals surface area contributed by atoms with E-state index >= 15 is 0 Å². The number of carbonyl (C=O) groups is 4. The Balaban J connectivity index is 0.000000311. The molecule has 30 heavy (non-hydrogen) atoms. The van der Waals surface area contributed by atoms with Crippen molar-refractivity contribution < 1.29 is 29.4 Å². The van der Waals surface area contributed by atoms with Crippen LogP contribution in [0.25, 0.3) is 0 Å². The van der Waals surface area contributed by atoms with Gasteiger partial charge in [-0.05, 0) is 54.8 Å². The Morgan fingerprint density at radius 1 is 0.833 bits per heavy atom. The first-order chi connectivity index (χ1) is 14.2. The van der Waals surface area contributed by atoms with Gasteiger partial charge in [-0.2, -0.15) is 0 Å². The lowest BCUT2D eigenvalue weighted by Crippen LogP contribution is -2.07. The van der Waals surface area contributed by atoms with E-state index in [4.69, 9.17) is 15.9 Å². The van der Waals surface area contributed by atoms with E-state index < -0.39 is 11.9 Å². The largest absolute Gasteiger partial charge is 0.481 e. The Morgan fingerprint density at radius 2 is 1.40 bits per heavy atom. The molecule has 2 aromatic rings. The van der Waals surface area contributed by atoms with Crippen LogP contribution in [0.1, 0.15) is 48.5 Å². The number of rotatable bonds is 9. The Hall–Kier alpha value is -3.68. The van der Waals surface area contributed by atoms with Crippen molar-refractivity contribution in [2.45, 2.75) is 39.0 Å². The summed E-state index contributed by atoms with van der Waals surface area (Å²) in [5.41, 5.74) is 8.43. The molecule has 0 bridgehead atoms. The second-order valence-corrected chi connectivity index (χ2v) is 6.56. The summed E-state index contributed by atoms with van der Waals surface area (Å²) in [6.07, 6.45) is 1.51. The van der Waals surface area contributed by atoms with Gasteiger partial charge < -0.3 is 21.3 Å². The molecule has 2 rings (SSSR count). The van der Waals surface area contributed by atoms with Crippen molar-refractivity contribution in [1.82, 2.24) is 0 Å². The molecule has 160 valence electrons. The quantitative estimate of drug-likeness (QED) is 0.363. The van der Waals surface area contributed by atoms with E-state index in [-0.39, 0.29) is 31.0 Å². The van der Waals surface area contributed by atoms with Crippen LogP contribution in [0, 0.1) is 0 Å². The van der Waals surface area contributed by atoms with Crippen molar-refractivity contribution in [2.75, 3.05) is 11.1 Å². The van der Waals surface area contributed by atoms with Crippen LogP contribution in [0.2, 0.25) is 0 Å². The minimum absolute atomic E-state index is 0.0190. The molecule has 0 radical (unpaired) electrons. The van der Waals surface area contributed by atoms with Crippen LogP contribution < -0.4 is 11.1 Å². The zero-order valence-corrected chi connectivity index (χ0v) is 16.8. The second kappa shape index (κ2) is 12.7. The van der Waals surface area contributed by atoms with Crippen LogP contribution in [0.4, 0.5) is 11.4 Å². The van der Waals surface area contributed by atoms with E-state index in [9.17, 15) is 19.2 Å². The zero-order valence-electron chi connectivity index (χ0n) is 16.8. The highest BCUT2D eigenvalue weighted by molar-refractivity contribution is 5.98. The molecule has 0 spiro atoms. The molecule has 0 heterocycles. The van der Waals surface area contributed by atoms with E-state index in [1.807, 2.05) is 24.3 Å². The Morgan fingerprint density at radius 3 is 1.90 bits per heavy atom. The predicted octanol–water partition coefficient (Wildman–Crippen LogP) is 3.37. The molecule has 0 unspecified atom stereocenters. The van der Waals surface area contributed by atoms with Crippen molar-refractivity contribution in [3.8, 4) is 0 Å². The van der Waals surface area contributed by atoms with E-state index in [0.717, 1.165) is 17.7 Å². The first-order valence-corrected chi connectivity index (χ1v) is 9.36. The Kier molecular flexibility index (Phi) is 10.3. The summed E-state index contributed by atoms with van der Waals surface area (Å²) in [6, 6.07) is 13.9. The molecule has 8 heteroatoms. The summed E-state index contributed by atoms with van der Waals surface area (Å²) in [6.45, 7) is 1.39. The molecule has 0 saturated heterocycles. The van der Waals surface area contributed by atoms with Gasteiger partial charge in [0.15, 0.2) is 5.78 Å². The van der Waals surface area contributed by atoms with Gasteiger partial charge >= 0.3 is 11.9 Å². The first-order valence-electron chi connectivity index (χ1n) is 9.36. The van der Waals surface area contributed by atoms with Crippen LogP contribution in [-0.2, 0) is 20.8 Å². The summed E-state index contributed by atoms with van der Waals surface area (Å²) < 4.78 is 0. The molecule has 0 aromatic heterocycles. The molecular weight excluding hydrogens is 388 g/mol. The van der Waals surface area contributed by atoms with E-state index in [2.05, 4.69) is 5.32 Å². The van der Waals surface area contributed by atoms with Gasteiger partial charge in [-0.15, -0.1) is 0 Å². The predicted molar refractivity (Wildman–Crippen MR) is 113 cm³/mol. The van der Waals surface area contributed by atoms with Gasteiger partial charge in [-0.25, -0.2) is 0 Å². The zero-order chi connectivity index (χ0) is 22.5. The number of carboxylic acid groups (broad SMARTS) is 2. The van der Waals surface area contributed by atoms with Crippen molar-refractivity contribution in [3.05, 3.63) is 59.7 Å². The molecule has 5 N–H and O–H groups in total. The number of carboxylic acids is 2. The van der Waals surface area contributed by atoms with Gasteiger partial charge in [-0.3, -0.25) is 19.2 Å². The number of nitrogen functional groups attached to an aromatic ring is 1. The Bertz CT molecular complexity index is 860. The number of anilines is 2. The van der Waals surface area contributed by atoms with Gasteiger partial charge in [-0.1, -0.05) is 12.1 Å². The topological polar surface area (TPSA) is 147 Å². The standard InChI is InChI=1S/C12H13NO4.C10H13NO2/c1-8(14)13-10-4-2-9(3-5-10)11(15)6-7-12(16)17;11-9-6-4-8(5-7-9)2-1-3-10(12)13/h2-5H,6-7H2,1H3,(H,13,14)(H,16,17);4-7H,1-3,11H2,(H,12,13). The average molecular weight is 414 g/mol. The minimum Gasteiger partial charge on any atom is -0.481 e. The number of carbonyl (C=O) groups excluding carboxylic acids is 2. The number of hydrogen-bond acceptors (Lipinski definition) is 5. The molecule has 1 amide bonds. The van der Waals surface area contributed by atoms with Crippen molar-refractivity contribution in [3.63, 3.8) is 0 Å². The SMILES string of the molecule is CC(=O)Nc1ccc(C(=O)CCC(=O)O)cc1.Nc1ccc(CCCC(=O)O)cc1. The fourth-order valence-electron chi connectivity index (χ4n) is 2.44. The van der Waals surface area contributed by atoms with Crippen LogP contribution in [0.5, 0.6) is 0 Å². The lowest BCUT2D eigenvalue weighted by Gasteiger charge is -2.03. The maximum absolute atomic E-state index is 11.5. The van der Waals surface area contributed by atoms with Gasteiger partial charge in [0, 0.05) is 36.7 Å². The molecule has 0 atom stereocenters. The Labute approximate surface area is 174 Å². The monoisotopic (exact) mass is 414 g/mol. The highest BCUT2D eigenvalue weighted by atomic mass is 16.4. The number of hydrogen-bond donors (Lipinski definition) is 4. The highest BCUT2D eigenvalue weighted by Gasteiger charge is 2.08. The molecule has 0 aliphatic rings. The van der Waals surface area contributed by atoms with E-state index in [1.54, 1.807) is 24.3 Å². The number of aryl methyl sites for hydroxylation is 1. The average Bonchev–Trinajstić information content (AvgIpc) is 2.68. The molecule has 8 nitrogen and oxygen atoms in total. The summed E-state index contributed by atoms with van der Waals surface area (Å²) in [5.74, 6) is -2.14. The fraction of sp³-hybridized carbons (Fsp3) is 0.273. The summed E-state index contributed by atoms with van der Waals surface area (Å²) in [5, 5.41) is 19.4. The fourth-order valence-corrected chi connectivity index (χ4v) is 2.44. The highest BCUT2D eigenvalue weighted by Crippen LogP contribution is 2.12. The maximum Gasteiger partial charge on any atom is 0.303 e. The molecule has 0 fully saturated rings. The van der Waals surface area contributed by atoms with Crippen LogP contribution in [0.3, 0.4) is 0 Å². The van der Waals surface area contributed by atoms with Gasteiger partial charge in [0.1, 0.15) is 0 Å². The second-order valence-electron chi connectivity index (χ2n) is 6.56. The van der Waals surface area contributed by atoms with Crippen LogP contribution in [-0.4, -0.2) is 33.8 Å². The summed E-state index contributed by atoms with van der Waals surface area (Å²) >= 11 is 0. The van der Waals surface area contributed by atoms with Gasteiger partial charge in [0.2, 0.25) is 5.91 Å². The molecule has 2 aromatic carbocycles. The normalized spacial score (nSPS) is 9.77. The summed E-state index contributed by atoms with van der Waals surface area (Å²) in [7, 11) is 0. The third-order valence-corrected chi connectivity index (χ3v) is 3.93. The number of ketones is 1. The lowest BCUT2D eigenvalue weighted by atomic mass is 10.1. The maximum atomic E-state index is 11.5. The number of benzene rings is 2. The first kappa shape index (κ1) is 24.4. The van der Waals surface area contributed by atoms with Gasteiger partial charge in [0.05, 0.1) is 6.42 Å². The third kappa shape index (κ3) is 10.6. The molecule has 0 saturated carbocycles. The number of Topliss-reactive ketones (excluding diaryl/α,β-unsaturated/α-hetero) is 1. The smallest absolute Gasteiger partial charge is 0.303 e. The summed E-state index contributed by atoms with van der Waals surface area (Å²) in [4.78, 5) is 42.8. The molecule has 0 aliphatic carbocycles. The third-order valence-electron chi connectivity index (χ3n) is 3.93. The minimum atomic E-state index is -0.992. The number of nitrogens with two attached hydrogens (primary N) is 1. The number of amides is 1.